The molecule has 0 atom stereocenters. The molecular weight excluding hydrogens is 268 g/mol. The van der Waals surface area contributed by atoms with Crippen LogP contribution in [0.25, 0.3) is 0 Å². The number of carbonyl (C=O) groups excluding carboxylic acids is 1. The van der Waals surface area contributed by atoms with E-state index < -0.39 is 0 Å². The number of aryl methyl sites for hydroxylation is 2. The van der Waals surface area contributed by atoms with Crippen molar-refractivity contribution in [2.45, 2.75) is 26.7 Å². The van der Waals surface area contributed by atoms with E-state index >= 15 is 0 Å². The molecule has 0 radical (unpaired) electrons. The number of hydrogen-bond acceptors (Lipinski definition) is 6. The van der Waals surface area contributed by atoms with E-state index in [1.54, 1.807) is 25.4 Å². The van der Waals surface area contributed by atoms with Crippen molar-refractivity contribution in [1.82, 2.24) is 20.2 Å². The molecule has 21 heavy (non-hydrogen) atoms. The smallest absolute Gasteiger partial charge is 0.276 e. The maximum absolute atomic E-state index is 12.1. The molecule has 0 aliphatic carbocycles. The van der Waals surface area contributed by atoms with Crippen molar-refractivity contribution in [3.8, 4) is 0 Å². The summed E-state index contributed by atoms with van der Waals surface area (Å²) < 4.78 is 0. The highest BCUT2D eigenvalue weighted by atomic mass is 16.2. The van der Waals surface area contributed by atoms with E-state index in [-0.39, 0.29) is 11.9 Å². The van der Waals surface area contributed by atoms with E-state index in [2.05, 4.69) is 30.8 Å². The summed E-state index contributed by atoms with van der Waals surface area (Å²) in [5.41, 5.74) is 2.80. The maximum Gasteiger partial charge on any atom is 0.276 e. The van der Waals surface area contributed by atoms with Crippen molar-refractivity contribution in [2.75, 3.05) is 17.7 Å². The van der Waals surface area contributed by atoms with Crippen LogP contribution in [0, 0.1) is 0 Å². The third-order valence-corrected chi connectivity index (χ3v) is 3.02. The summed E-state index contributed by atoms with van der Waals surface area (Å²) in [4.78, 5) is 20.5. The van der Waals surface area contributed by atoms with E-state index in [4.69, 9.17) is 0 Å². The molecule has 0 saturated heterocycles. The van der Waals surface area contributed by atoms with Crippen LogP contribution in [0.4, 0.5) is 11.6 Å². The minimum absolute atomic E-state index is 0.200. The second-order valence-corrected chi connectivity index (χ2v) is 4.37. The van der Waals surface area contributed by atoms with Crippen LogP contribution < -0.4 is 10.6 Å². The molecule has 7 nitrogen and oxygen atoms in total. The highest BCUT2D eigenvalue weighted by Crippen LogP contribution is 2.10. The molecule has 0 saturated carbocycles. The molecule has 0 aromatic carbocycles. The van der Waals surface area contributed by atoms with Crippen LogP contribution in [-0.2, 0) is 12.8 Å². The summed E-state index contributed by atoms with van der Waals surface area (Å²) in [6.45, 7) is 3.99. The average molecular weight is 286 g/mol. The molecule has 2 rings (SSSR count). The fraction of sp³-hybridized carbons (Fsp3) is 0.357. The van der Waals surface area contributed by atoms with Crippen molar-refractivity contribution >= 4 is 17.5 Å². The Balaban J connectivity index is 2.19. The molecule has 7 heteroatoms. The third-order valence-electron chi connectivity index (χ3n) is 3.02. The Morgan fingerprint density at radius 1 is 1.19 bits per heavy atom. The Morgan fingerprint density at radius 2 is 1.95 bits per heavy atom. The quantitative estimate of drug-likeness (QED) is 0.868. The Morgan fingerprint density at radius 3 is 2.62 bits per heavy atom. The third kappa shape index (κ3) is 3.50. The molecule has 0 bridgehead atoms. The lowest BCUT2D eigenvalue weighted by molar-refractivity contribution is 0.102. The first-order chi connectivity index (χ1) is 10.2. The zero-order valence-electron chi connectivity index (χ0n) is 12.3. The minimum atomic E-state index is -0.361. The molecule has 110 valence electrons. The zero-order chi connectivity index (χ0) is 15.2. The van der Waals surface area contributed by atoms with Gasteiger partial charge in [0.1, 0.15) is 5.69 Å². The van der Waals surface area contributed by atoms with Crippen molar-refractivity contribution in [2.24, 2.45) is 0 Å². The number of pyridine rings is 1. The summed E-state index contributed by atoms with van der Waals surface area (Å²) in [7, 11) is 1.78. The average Bonchev–Trinajstić information content (AvgIpc) is 2.54. The van der Waals surface area contributed by atoms with Gasteiger partial charge in [0.2, 0.25) is 5.95 Å². The zero-order valence-corrected chi connectivity index (χ0v) is 12.3. The SMILES string of the molecule is CCc1nnc(NC(=O)c2cc(NC)ccn2)nc1CC. The summed E-state index contributed by atoms with van der Waals surface area (Å²) in [6, 6.07) is 3.43. The van der Waals surface area contributed by atoms with Crippen molar-refractivity contribution in [1.29, 1.82) is 0 Å². The summed E-state index contributed by atoms with van der Waals surface area (Å²) in [5.74, 6) is -0.161. The molecule has 2 heterocycles. The van der Waals surface area contributed by atoms with Gasteiger partial charge in [0.05, 0.1) is 11.4 Å². The lowest BCUT2D eigenvalue weighted by Crippen LogP contribution is -2.17. The number of carbonyl (C=O) groups is 1. The number of hydrogen-bond donors (Lipinski definition) is 2. The molecule has 0 aliphatic rings. The topological polar surface area (TPSA) is 92.7 Å². The van der Waals surface area contributed by atoms with E-state index in [9.17, 15) is 4.79 Å². The standard InChI is InChI=1S/C14H18N6O/c1-4-10-11(5-2)19-20-14(17-10)18-13(21)12-8-9(15-3)6-7-16-12/h6-8H,4-5H2,1-3H3,(H,15,16)(H,17,18,20,21). The van der Waals surface area contributed by atoms with Gasteiger partial charge in [0.25, 0.3) is 5.91 Å². The normalized spacial score (nSPS) is 10.2. The molecule has 0 aliphatic heterocycles. The van der Waals surface area contributed by atoms with Gasteiger partial charge in [-0.15, -0.1) is 10.2 Å². The number of anilines is 2. The van der Waals surface area contributed by atoms with Crippen LogP contribution in [0.15, 0.2) is 18.3 Å². The van der Waals surface area contributed by atoms with Crippen LogP contribution in [0.5, 0.6) is 0 Å². The van der Waals surface area contributed by atoms with E-state index in [1.165, 1.54) is 0 Å². The Labute approximate surface area is 123 Å². The van der Waals surface area contributed by atoms with Gasteiger partial charge in [-0.25, -0.2) is 4.98 Å². The fourth-order valence-electron chi connectivity index (χ4n) is 1.87. The van der Waals surface area contributed by atoms with Crippen LogP contribution in [0.2, 0.25) is 0 Å². The van der Waals surface area contributed by atoms with E-state index in [0.29, 0.717) is 5.69 Å². The van der Waals surface area contributed by atoms with Gasteiger partial charge in [0.15, 0.2) is 0 Å². The summed E-state index contributed by atoms with van der Waals surface area (Å²) >= 11 is 0. The highest BCUT2D eigenvalue weighted by Gasteiger charge is 2.12. The van der Waals surface area contributed by atoms with Crippen LogP contribution in [0.3, 0.4) is 0 Å². The van der Waals surface area contributed by atoms with Gasteiger partial charge < -0.3 is 5.32 Å². The lowest BCUT2D eigenvalue weighted by atomic mass is 10.2. The molecule has 2 aromatic heterocycles. The van der Waals surface area contributed by atoms with Gasteiger partial charge in [0, 0.05) is 18.9 Å². The number of rotatable bonds is 5. The van der Waals surface area contributed by atoms with Crippen LogP contribution >= 0.6 is 0 Å². The van der Waals surface area contributed by atoms with Gasteiger partial charge in [-0.2, -0.15) is 0 Å². The van der Waals surface area contributed by atoms with Crippen molar-refractivity contribution in [3.05, 3.63) is 35.4 Å². The second-order valence-electron chi connectivity index (χ2n) is 4.37. The first-order valence-corrected chi connectivity index (χ1v) is 6.85. The lowest BCUT2D eigenvalue weighted by Gasteiger charge is -2.07. The summed E-state index contributed by atoms with van der Waals surface area (Å²) in [5, 5.41) is 13.6. The number of nitrogens with zero attached hydrogens (tertiary/aromatic N) is 4. The number of amides is 1. The highest BCUT2D eigenvalue weighted by molar-refractivity contribution is 6.02. The Bertz CT molecular complexity index is 643. The Hall–Kier alpha value is -2.57. The second kappa shape index (κ2) is 6.74. The Kier molecular flexibility index (Phi) is 4.76. The predicted octanol–water partition coefficient (Wildman–Crippen LogP) is 1.69. The predicted molar refractivity (Wildman–Crippen MR) is 80.3 cm³/mol. The van der Waals surface area contributed by atoms with Gasteiger partial charge in [-0.05, 0) is 25.0 Å². The molecular formula is C14H18N6O. The van der Waals surface area contributed by atoms with Crippen LogP contribution in [0.1, 0.15) is 35.7 Å². The van der Waals surface area contributed by atoms with E-state index in [1.807, 2.05) is 13.8 Å². The molecule has 0 unspecified atom stereocenters. The molecule has 2 aromatic rings. The van der Waals surface area contributed by atoms with Crippen LogP contribution in [-0.4, -0.2) is 33.1 Å². The first-order valence-electron chi connectivity index (χ1n) is 6.85. The molecule has 2 N–H and O–H groups in total. The molecule has 1 amide bonds. The number of aromatic nitrogens is 4. The number of nitrogens with one attached hydrogen (secondary N) is 2. The molecule has 0 spiro atoms. The largest absolute Gasteiger partial charge is 0.388 e. The maximum atomic E-state index is 12.1. The minimum Gasteiger partial charge on any atom is -0.388 e. The summed E-state index contributed by atoms with van der Waals surface area (Å²) in [6.07, 6.45) is 3.08. The monoisotopic (exact) mass is 286 g/mol. The first kappa shape index (κ1) is 14.8. The van der Waals surface area contributed by atoms with Gasteiger partial charge in [-0.1, -0.05) is 13.8 Å². The van der Waals surface area contributed by atoms with Crippen molar-refractivity contribution in [3.63, 3.8) is 0 Å². The van der Waals surface area contributed by atoms with Gasteiger partial charge >= 0.3 is 0 Å². The van der Waals surface area contributed by atoms with Crippen molar-refractivity contribution < 1.29 is 4.79 Å². The molecule has 0 fully saturated rings. The fourth-order valence-corrected chi connectivity index (χ4v) is 1.87. The van der Waals surface area contributed by atoms with Gasteiger partial charge in [-0.3, -0.25) is 15.1 Å². The van der Waals surface area contributed by atoms with E-state index in [0.717, 1.165) is 29.9 Å².